The van der Waals surface area contributed by atoms with Gasteiger partial charge in [0.15, 0.2) is 5.82 Å². The molecular formula is C22H29F6N9O2. The second kappa shape index (κ2) is 14.2. The molecule has 2 aromatic heterocycles. The molecule has 39 heavy (non-hydrogen) atoms. The monoisotopic (exact) mass is 565 g/mol. The molecule has 2 aromatic rings. The third-order valence-corrected chi connectivity index (χ3v) is 5.36. The van der Waals surface area contributed by atoms with Crippen molar-refractivity contribution in [1.82, 2.24) is 25.3 Å². The predicted octanol–water partition coefficient (Wildman–Crippen LogP) is 3.36. The Morgan fingerprint density at radius 3 is 2.41 bits per heavy atom. The Bertz CT molecular complexity index is 1050. The number of nitrogens with one attached hydrogen (secondary N) is 5. The number of rotatable bonds is 14. The summed E-state index contributed by atoms with van der Waals surface area (Å²) in [7, 11) is 0. The molecule has 0 spiro atoms. The van der Waals surface area contributed by atoms with E-state index in [4.69, 9.17) is 5.41 Å². The number of piperidine rings is 1. The van der Waals surface area contributed by atoms with Gasteiger partial charge in [0.05, 0.1) is 18.9 Å². The van der Waals surface area contributed by atoms with Crippen molar-refractivity contribution in [2.75, 3.05) is 68.6 Å². The highest BCUT2D eigenvalue weighted by molar-refractivity contribution is 6.04. The van der Waals surface area contributed by atoms with Crippen LogP contribution in [0, 0.1) is 11.3 Å². The number of hydrogen-bond acceptors (Lipinski definition) is 11. The highest BCUT2D eigenvalue weighted by atomic mass is 19.4. The molecule has 0 bridgehead atoms. The zero-order valence-electron chi connectivity index (χ0n) is 20.8. The first-order valence-corrected chi connectivity index (χ1v) is 12.0. The minimum Gasteiger partial charge on any atom is -0.378 e. The second-order valence-electron chi connectivity index (χ2n) is 8.59. The lowest BCUT2D eigenvalue weighted by Gasteiger charge is -2.23. The largest absolute Gasteiger partial charge is 0.411 e. The van der Waals surface area contributed by atoms with Crippen LogP contribution in [0.25, 0.3) is 0 Å². The Kier molecular flexibility index (Phi) is 11.0. The molecule has 3 rings (SSSR count). The molecule has 11 nitrogen and oxygen atoms in total. The average molecular weight is 566 g/mol. The highest BCUT2D eigenvalue weighted by Gasteiger charge is 2.29. The minimum atomic E-state index is -4.59. The van der Waals surface area contributed by atoms with Crippen molar-refractivity contribution < 1.29 is 35.8 Å². The van der Waals surface area contributed by atoms with Crippen LogP contribution in [0.2, 0.25) is 0 Å². The van der Waals surface area contributed by atoms with Gasteiger partial charge in [0.25, 0.3) is 0 Å². The molecule has 0 aromatic carbocycles. The molecule has 1 aliphatic heterocycles. The normalized spacial score (nSPS) is 14.7. The third kappa shape index (κ3) is 11.1. The molecule has 0 atom stereocenters. The van der Waals surface area contributed by atoms with E-state index in [1.165, 1.54) is 18.6 Å². The standard InChI is InChI=1S/C22H29F6N9O2/c23-21(24,25)11-38-8-7-32-18-17(15(29)10-39-12-22(26,27)28)36-20(33-9-14-1-4-30-5-2-14)37-19(18)35-16-3-6-31-13-34-16/h3,6,13-14,29-30,32H,1-2,4-5,7-12H2,(H2,31,33,34,35,36,37). The SMILES string of the molecule is N=C(COCC(F)(F)F)c1nc(NCC2CCNCC2)nc(Nc2ccncn2)c1NCCOCC(F)(F)F. The zero-order chi connectivity index (χ0) is 28.3. The van der Waals surface area contributed by atoms with Crippen molar-refractivity contribution in [2.24, 2.45) is 5.92 Å². The van der Waals surface area contributed by atoms with Crippen LogP contribution in [0.3, 0.4) is 0 Å². The smallest absolute Gasteiger partial charge is 0.378 e. The number of alkyl halides is 6. The second-order valence-corrected chi connectivity index (χ2v) is 8.59. The van der Waals surface area contributed by atoms with E-state index in [2.05, 4.69) is 50.7 Å². The van der Waals surface area contributed by atoms with Crippen molar-refractivity contribution >= 4 is 29.0 Å². The first kappa shape index (κ1) is 30.2. The zero-order valence-corrected chi connectivity index (χ0v) is 20.8. The molecule has 1 saturated heterocycles. The lowest BCUT2D eigenvalue weighted by molar-refractivity contribution is -0.173. The summed E-state index contributed by atoms with van der Waals surface area (Å²) in [5.74, 6) is 0.812. The van der Waals surface area contributed by atoms with Crippen molar-refractivity contribution in [1.29, 1.82) is 5.41 Å². The summed E-state index contributed by atoms with van der Waals surface area (Å²) >= 11 is 0. The van der Waals surface area contributed by atoms with Crippen LogP contribution in [-0.4, -0.2) is 90.6 Å². The lowest BCUT2D eigenvalue weighted by Crippen LogP contribution is -2.31. The summed E-state index contributed by atoms with van der Waals surface area (Å²) in [6.45, 7) is -2.02. The first-order chi connectivity index (χ1) is 18.5. The van der Waals surface area contributed by atoms with Gasteiger partial charge in [-0.2, -0.15) is 31.3 Å². The number of halogens is 6. The Morgan fingerprint density at radius 2 is 1.74 bits per heavy atom. The van der Waals surface area contributed by atoms with Crippen molar-refractivity contribution in [3.8, 4) is 0 Å². The van der Waals surface area contributed by atoms with E-state index in [1.54, 1.807) is 0 Å². The Hall–Kier alpha value is -3.31. The van der Waals surface area contributed by atoms with Crippen LogP contribution in [0.15, 0.2) is 18.6 Å². The van der Waals surface area contributed by atoms with Crippen LogP contribution in [0.5, 0.6) is 0 Å². The summed E-state index contributed by atoms with van der Waals surface area (Å²) in [6.07, 6.45) is -4.53. The summed E-state index contributed by atoms with van der Waals surface area (Å²) < 4.78 is 84.3. The number of ether oxygens (including phenoxy) is 2. The van der Waals surface area contributed by atoms with Gasteiger partial charge in [0.2, 0.25) is 5.95 Å². The number of hydrogen-bond donors (Lipinski definition) is 5. The maximum absolute atomic E-state index is 12.6. The Labute approximate surface area is 220 Å². The van der Waals surface area contributed by atoms with Crippen LogP contribution in [0.4, 0.5) is 49.6 Å². The van der Waals surface area contributed by atoms with E-state index >= 15 is 0 Å². The lowest BCUT2D eigenvalue weighted by atomic mass is 9.98. The van der Waals surface area contributed by atoms with E-state index in [9.17, 15) is 26.3 Å². The van der Waals surface area contributed by atoms with Gasteiger partial charge in [-0.25, -0.2) is 15.0 Å². The van der Waals surface area contributed by atoms with E-state index < -0.39 is 37.9 Å². The van der Waals surface area contributed by atoms with E-state index in [0.717, 1.165) is 25.9 Å². The average Bonchev–Trinajstić information content (AvgIpc) is 2.87. The van der Waals surface area contributed by atoms with Crippen LogP contribution in [0.1, 0.15) is 18.5 Å². The topological polar surface area (TPSA) is 142 Å². The van der Waals surface area contributed by atoms with Gasteiger partial charge in [-0.15, -0.1) is 0 Å². The van der Waals surface area contributed by atoms with Gasteiger partial charge in [-0.05, 0) is 37.9 Å². The molecule has 5 N–H and O–H groups in total. The number of aromatic nitrogens is 4. The summed E-state index contributed by atoms with van der Waals surface area (Å²) in [4.78, 5) is 16.7. The number of nitrogens with zero attached hydrogens (tertiary/aromatic N) is 4. The van der Waals surface area contributed by atoms with E-state index in [1.807, 2.05) is 0 Å². The summed E-state index contributed by atoms with van der Waals surface area (Å²) in [6, 6.07) is 1.53. The molecule has 17 heteroatoms. The molecule has 0 unspecified atom stereocenters. The summed E-state index contributed by atoms with van der Waals surface area (Å²) in [5.41, 5.74) is -0.458. The fourth-order valence-corrected chi connectivity index (χ4v) is 3.60. The van der Waals surface area contributed by atoms with E-state index in [-0.39, 0.29) is 36.3 Å². The molecule has 0 radical (unpaired) electrons. The van der Waals surface area contributed by atoms with Crippen LogP contribution < -0.4 is 21.3 Å². The first-order valence-electron chi connectivity index (χ1n) is 12.0. The van der Waals surface area contributed by atoms with Crippen molar-refractivity contribution in [2.45, 2.75) is 25.2 Å². The molecule has 3 heterocycles. The van der Waals surface area contributed by atoms with Gasteiger partial charge in [0, 0.05) is 19.3 Å². The molecular weight excluding hydrogens is 536 g/mol. The highest BCUT2D eigenvalue weighted by Crippen LogP contribution is 2.28. The molecule has 0 aliphatic carbocycles. The molecule has 1 aliphatic rings. The molecule has 216 valence electrons. The summed E-state index contributed by atoms with van der Waals surface area (Å²) in [5, 5.41) is 20.5. The molecule has 0 saturated carbocycles. The minimum absolute atomic E-state index is 0.0530. The predicted molar refractivity (Wildman–Crippen MR) is 130 cm³/mol. The van der Waals surface area contributed by atoms with Crippen LogP contribution >= 0.6 is 0 Å². The Morgan fingerprint density at radius 1 is 1.03 bits per heavy atom. The van der Waals surface area contributed by atoms with E-state index in [0.29, 0.717) is 18.3 Å². The fourth-order valence-electron chi connectivity index (χ4n) is 3.60. The third-order valence-electron chi connectivity index (χ3n) is 5.36. The Balaban J connectivity index is 1.86. The van der Waals surface area contributed by atoms with Crippen molar-refractivity contribution in [3.05, 3.63) is 24.3 Å². The number of anilines is 4. The van der Waals surface area contributed by atoms with Gasteiger partial charge in [-0.3, -0.25) is 0 Å². The molecule has 0 amide bonds. The van der Waals surface area contributed by atoms with Gasteiger partial charge in [-0.1, -0.05) is 0 Å². The maximum atomic E-state index is 12.6. The van der Waals surface area contributed by atoms with Gasteiger partial charge in [0.1, 0.15) is 36.7 Å². The van der Waals surface area contributed by atoms with Gasteiger partial charge < -0.3 is 36.2 Å². The maximum Gasteiger partial charge on any atom is 0.411 e. The van der Waals surface area contributed by atoms with Gasteiger partial charge >= 0.3 is 12.4 Å². The quantitative estimate of drug-likeness (QED) is 0.132. The van der Waals surface area contributed by atoms with Crippen LogP contribution in [-0.2, 0) is 9.47 Å². The fraction of sp³-hybridized carbons (Fsp3) is 0.591. The van der Waals surface area contributed by atoms with Crippen molar-refractivity contribution in [3.63, 3.8) is 0 Å². The molecule has 1 fully saturated rings.